The topological polar surface area (TPSA) is 94.2 Å². The average Bonchev–Trinajstić information content (AvgIpc) is 3.69. The molecule has 2 heterocycles. The summed E-state index contributed by atoms with van der Waals surface area (Å²) in [7, 11) is 1.59. The third-order valence-corrected chi connectivity index (χ3v) is 7.71. The molecule has 45 heavy (non-hydrogen) atoms. The van der Waals surface area contributed by atoms with E-state index in [0.717, 1.165) is 23.2 Å². The van der Waals surface area contributed by atoms with Gasteiger partial charge in [-0.2, -0.15) is 4.99 Å². The number of amides is 2. The van der Waals surface area contributed by atoms with Crippen LogP contribution in [-0.2, 0) is 0 Å². The molecule has 9 nitrogen and oxygen atoms in total. The number of rotatable bonds is 8. The van der Waals surface area contributed by atoms with Gasteiger partial charge in [0, 0.05) is 35.8 Å². The number of aromatic nitrogens is 3. The molecule has 5 rings (SSSR count). The van der Waals surface area contributed by atoms with Crippen molar-refractivity contribution in [1.82, 2.24) is 14.8 Å². The third kappa shape index (κ3) is 7.87. The Morgan fingerprint density at radius 1 is 1.04 bits per heavy atom. The van der Waals surface area contributed by atoms with Crippen LogP contribution in [0.4, 0.5) is 28.0 Å². The van der Waals surface area contributed by atoms with Crippen LogP contribution in [0.1, 0.15) is 37.1 Å². The summed E-state index contributed by atoms with van der Waals surface area (Å²) in [6.07, 6.45) is -4.13. The largest absolute Gasteiger partial charge is 0.573 e. The van der Waals surface area contributed by atoms with Crippen molar-refractivity contribution in [3.8, 4) is 28.6 Å². The molecular formula is C31H28F4N6O3S. The number of ether oxygens (including phenoxy) is 2. The van der Waals surface area contributed by atoms with Gasteiger partial charge in [0.1, 0.15) is 17.8 Å². The second-order valence-electron chi connectivity index (χ2n) is 10.1. The molecule has 2 amide bonds. The molecule has 4 aromatic rings. The van der Waals surface area contributed by atoms with Gasteiger partial charge in [-0.15, -0.1) is 18.3 Å². The number of methoxy groups -OCH3 is 1. The van der Waals surface area contributed by atoms with E-state index in [0.29, 0.717) is 34.5 Å². The van der Waals surface area contributed by atoms with Crippen molar-refractivity contribution in [3.05, 3.63) is 84.2 Å². The molecule has 1 aliphatic rings. The van der Waals surface area contributed by atoms with E-state index in [1.807, 2.05) is 23.1 Å². The van der Waals surface area contributed by atoms with Gasteiger partial charge in [-0.05, 0) is 47.4 Å². The Bertz CT molecular complexity index is 1710. The molecule has 0 spiro atoms. The van der Waals surface area contributed by atoms with Crippen LogP contribution in [-0.4, -0.2) is 57.9 Å². The van der Waals surface area contributed by atoms with E-state index in [2.05, 4.69) is 38.7 Å². The lowest BCUT2D eigenvalue weighted by molar-refractivity contribution is -0.274. The summed E-state index contributed by atoms with van der Waals surface area (Å²) in [6.45, 7) is 4.82. The highest BCUT2D eigenvalue weighted by Gasteiger charge is 2.31. The van der Waals surface area contributed by atoms with Crippen LogP contribution in [0.3, 0.4) is 0 Å². The molecule has 0 aliphatic carbocycles. The maximum Gasteiger partial charge on any atom is 0.573 e. The van der Waals surface area contributed by atoms with E-state index in [1.165, 1.54) is 59.2 Å². The fraction of sp³-hybridized carbons (Fsp3) is 0.258. The lowest BCUT2D eigenvalue weighted by Crippen LogP contribution is -2.25. The zero-order valence-corrected chi connectivity index (χ0v) is 25.2. The Morgan fingerprint density at radius 2 is 1.76 bits per heavy atom. The van der Waals surface area contributed by atoms with Gasteiger partial charge in [0.05, 0.1) is 12.8 Å². The lowest BCUT2D eigenvalue weighted by Gasteiger charge is -2.23. The van der Waals surface area contributed by atoms with Gasteiger partial charge in [-0.3, -0.25) is 0 Å². The second-order valence-corrected chi connectivity index (χ2v) is 11.2. The first-order valence-corrected chi connectivity index (χ1v) is 14.8. The van der Waals surface area contributed by atoms with Gasteiger partial charge in [0.15, 0.2) is 17.2 Å². The van der Waals surface area contributed by atoms with Crippen LogP contribution in [0.2, 0.25) is 0 Å². The SMILES string of the molecule is COc1ccc(C(C)C)c(N2CCSC2=NC(=O)N=CC(F)c2ccc(-c3ncn(-c4ccc(OC(F)(F)F)cc4)n3)cc2)c1. The molecule has 0 saturated carbocycles. The molecule has 0 N–H and O–H groups in total. The van der Waals surface area contributed by atoms with E-state index in [-0.39, 0.29) is 17.2 Å². The number of nitrogens with zero attached hydrogens (tertiary/aromatic N) is 6. The highest BCUT2D eigenvalue weighted by atomic mass is 32.2. The van der Waals surface area contributed by atoms with Crippen LogP contribution in [0, 0.1) is 0 Å². The van der Waals surface area contributed by atoms with Gasteiger partial charge in [0.25, 0.3) is 0 Å². The highest BCUT2D eigenvalue weighted by molar-refractivity contribution is 8.14. The molecule has 1 unspecified atom stereocenters. The van der Waals surface area contributed by atoms with Crippen LogP contribution in [0.5, 0.6) is 11.5 Å². The number of anilines is 1. The van der Waals surface area contributed by atoms with Gasteiger partial charge < -0.3 is 14.4 Å². The molecule has 1 aliphatic heterocycles. The zero-order chi connectivity index (χ0) is 32.1. The number of amidine groups is 1. The number of halogens is 4. The van der Waals surface area contributed by atoms with E-state index >= 15 is 0 Å². The number of hydrogen-bond acceptors (Lipinski definition) is 6. The Morgan fingerprint density at radius 3 is 2.42 bits per heavy atom. The fourth-order valence-electron chi connectivity index (χ4n) is 4.55. The van der Waals surface area contributed by atoms with Gasteiger partial charge >= 0.3 is 12.4 Å². The van der Waals surface area contributed by atoms with Crippen molar-refractivity contribution >= 4 is 34.9 Å². The summed E-state index contributed by atoms with van der Waals surface area (Å²) in [5.74, 6) is 1.63. The number of urea groups is 1. The molecule has 1 saturated heterocycles. The molecule has 234 valence electrons. The first-order chi connectivity index (χ1) is 21.5. The Hall–Kier alpha value is -4.72. The molecule has 1 aromatic heterocycles. The normalized spacial score (nSPS) is 15.3. The number of carbonyl (C=O) groups is 1. The molecule has 14 heteroatoms. The van der Waals surface area contributed by atoms with Crippen molar-refractivity contribution in [3.63, 3.8) is 0 Å². The van der Waals surface area contributed by atoms with Crippen molar-refractivity contribution in [2.24, 2.45) is 9.98 Å². The van der Waals surface area contributed by atoms with Gasteiger partial charge in [-0.1, -0.05) is 55.9 Å². The smallest absolute Gasteiger partial charge is 0.497 e. The molecule has 0 radical (unpaired) electrons. The summed E-state index contributed by atoms with van der Waals surface area (Å²) in [4.78, 5) is 26.7. The standard InChI is InChI=1S/C31H28F4N6O3S/c1-19(2)25-13-12-24(43-3)16-27(25)40-14-15-45-30(40)38-29(42)36-17-26(32)20-4-6-21(7-5-20)28-37-18-41(39-28)22-8-10-23(11-9-22)44-31(33,34)35/h4-13,16-19,26H,14-15H2,1-3H3. The predicted octanol–water partition coefficient (Wildman–Crippen LogP) is 7.78. The van der Waals surface area contributed by atoms with Crippen LogP contribution in [0.15, 0.2) is 83.0 Å². The summed E-state index contributed by atoms with van der Waals surface area (Å²) in [6, 6.07) is 16.4. The monoisotopic (exact) mass is 640 g/mol. The number of benzene rings is 3. The van der Waals surface area contributed by atoms with Crippen molar-refractivity contribution in [2.75, 3.05) is 24.3 Å². The average molecular weight is 641 g/mol. The summed E-state index contributed by atoms with van der Waals surface area (Å²) in [5.41, 5.74) is 3.30. The number of alkyl halides is 4. The minimum atomic E-state index is -4.78. The fourth-order valence-corrected chi connectivity index (χ4v) is 5.50. The minimum absolute atomic E-state index is 0.235. The Labute approximate surface area is 260 Å². The molecule has 1 fully saturated rings. The van der Waals surface area contributed by atoms with Crippen molar-refractivity contribution < 1.29 is 31.8 Å². The first-order valence-electron chi connectivity index (χ1n) is 13.8. The van der Waals surface area contributed by atoms with E-state index in [4.69, 9.17) is 4.74 Å². The summed E-state index contributed by atoms with van der Waals surface area (Å²) >= 11 is 1.43. The zero-order valence-electron chi connectivity index (χ0n) is 24.4. The highest BCUT2D eigenvalue weighted by Crippen LogP contribution is 2.35. The van der Waals surface area contributed by atoms with E-state index in [1.54, 1.807) is 19.2 Å². The van der Waals surface area contributed by atoms with Crippen LogP contribution < -0.4 is 14.4 Å². The van der Waals surface area contributed by atoms with Crippen LogP contribution >= 0.6 is 11.8 Å². The molecule has 1 atom stereocenters. The predicted molar refractivity (Wildman–Crippen MR) is 166 cm³/mol. The molecular weight excluding hydrogens is 612 g/mol. The number of hydrogen-bond donors (Lipinski definition) is 0. The maximum atomic E-state index is 15.0. The molecule has 0 bridgehead atoms. The second kappa shape index (κ2) is 13.5. The number of thioether (sulfide) groups is 1. The summed E-state index contributed by atoms with van der Waals surface area (Å²) < 4.78 is 62.8. The van der Waals surface area contributed by atoms with Crippen molar-refractivity contribution in [2.45, 2.75) is 32.3 Å². The maximum absolute atomic E-state index is 15.0. The van der Waals surface area contributed by atoms with Crippen molar-refractivity contribution in [1.29, 1.82) is 0 Å². The minimum Gasteiger partial charge on any atom is -0.497 e. The van der Waals surface area contributed by atoms with Gasteiger partial charge in [0.2, 0.25) is 0 Å². The van der Waals surface area contributed by atoms with Crippen LogP contribution in [0.25, 0.3) is 17.1 Å². The third-order valence-electron chi connectivity index (χ3n) is 6.75. The number of aliphatic imine (C=N–C) groups is 2. The van der Waals surface area contributed by atoms with E-state index < -0.39 is 18.6 Å². The molecule has 3 aromatic carbocycles. The quantitative estimate of drug-likeness (QED) is 0.143. The Kier molecular flexibility index (Phi) is 9.51. The lowest BCUT2D eigenvalue weighted by atomic mass is 10.00. The first kappa shape index (κ1) is 31.7. The van der Waals surface area contributed by atoms with Gasteiger partial charge in [-0.25, -0.2) is 23.8 Å². The Balaban J connectivity index is 1.23. The van der Waals surface area contributed by atoms with E-state index in [9.17, 15) is 22.4 Å². The summed E-state index contributed by atoms with van der Waals surface area (Å²) in [5, 5.41) is 4.83. The number of carbonyl (C=O) groups excluding carboxylic acids is 1.